The Morgan fingerprint density at radius 3 is 2.11 bits per heavy atom. The molecule has 0 radical (unpaired) electrons. The smallest absolute Gasteiger partial charge is 0.322 e. The molecule has 0 bridgehead atoms. The number of amides is 1. The summed E-state index contributed by atoms with van der Waals surface area (Å²) in [5.74, 6) is 1.42. The minimum Gasteiger partial charge on any atom is -0.493 e. The Hall–Kier alpha value is -3.64. The van der Waals surface area contributed by atoms with Crippen LogP contribution in [-0.2, 0) is 10.0 Å². The van der Waals surface area contributed by atoms with Crippen molar-refractivity contribution in [3.63, 3.8) is 0 Å². The molecule has 1 aliphatic rings. The van der Waals surface area contributed by atoms with Crippen molar-refractivity contribution in [3.8, 4) is 28.7 Å². The Labute approximate surface area is 215 Å². The molecule has 2 atom stereocenters. The third-order valence-electron chi connectivity index (χ3n) is 6.15. The van der Waals surface area contributed by atoms with Crippen LogP contribution < -0.4 is 19.5 Å². The molecule has 2 aromatic carbocycles. The van der Waals surface area contributed by atoms with Gasteiger partial charge in [-0.25, -0.2) is 8.42 Å². The Bertz CT molecular complexity index is 1340. The Morgan fingerprint density at radius 1 is 0.973 bits per heavy atom. The van der Waals surface area contributed by atoms with Gasteiger partial charge in [0.05, 0.1) is 26.2 Å². The van der Waals surface area contributed by atoms with E-state index in [9.17, 15) is 13.2 Å². The Morgan fingerprint density at radius 2 is 1.57 bits per heavy atom. The summed E-state index contributed by atoms with van der Waals surface area (Å²) in [6, 6.07) is 8.94. The quantitative estimate of drug-likeness (QED) is 0.463. The number of carbonyl (C=O) groups is 1. The number of aromatic nitrogens is 2. The van der Waals surface area contributed by atoms with Gasteiger partial charge in [0, 0.05) is 24.2 Å². The van der Waals surface area contributed by atoms with E-state index >= 15 is 0 Å². The first-order valence-corrected chi connectivity index (χ1v) is 13.2. The molecule has 1 amide bonds. The van der Waals surface area contributed by atoms with Crippen molar-refractivity contribution >= 4 is 21.9 Å². The van der Waals surface area contributed by atoms with Gasteiger partial charge in [-0.1, -0.05) is 18.9 Å². The first-order valence-electron chi connectivity index (χ1n) is 11.7. The van der Waals surface area contributed by atoms with Gasteiger partial charge >= 0.3 is 6.01 Å². The zero-order chi connectivity index (χ0) is 26.7. The number of nitrogens with one attached hydrogen (secondary N) is 1. The number of hydrogen-bond acceptors (Lipinski definition) is 9. The number of methoxy groups -OCH3 is 3. The lowest BCUT2D eigenvalue weighted by Gasteiger charge is -2.34. The van der Waals surface area contributed by atoms with Crippen molar-refractivity contribution in [2.75, 3.05) is 39.7 Å². The maximum atomic E-state index is 13.1. The summed E-state index contributed by atoms with van der Waals surface area (Å²) in [6.45, 7) is 5.08. The second kappa shape index (κ2) is 10.8. The van der Waals surface area contributed by atoms with Gasteiger partial charge in [0.1, 0.15) is 0 Å². The highest BCUT2D eigenvalue weighted by Crippen LogP contribution is 2.41. The van der Waals surface area contributed by atoms with E-state index in [2.05, 4.69) is 29.4 Å². The van der Waals surface area contributed by atoms with Crippen LogP contribution in [0.25, 0.3) is 11.5 Å². The van der Waals surface area contributed by atoms with Crippen LogP contribution >= 0.6 is 0 Å². The third-order valence-corrected chi connectivity index (χ3v) is 7.99. The van der Waals surface area contributed by atoms with Crippen LogP contribution in [0, 0.1) is 11.8 Å². The molecule has 4 rings (SSSR count). The number of carbonyl (C=O) groups excluding carboxylic acids is 1. The largest absolute Gasteiger partial charge is 0.493 e. The fourth-order valence-corrected chi connectivity index (χ4v) is 6.17. The van der Waals surface area contributed by atoms with Crippen LogP contribution in [0.2, 0.25) is 0 Å². The van der Waals surface area contributed by atoms with Crippen LogP contribution in [-0.4, -0.2) is 63.2 Å². The maximum absolute atomic E-state index is 13.1. The molecule has 0 saturated carbocycles. The van der Waals surface area contributed by atoms with Crippen molar-refractivity contribution in [3.05, 3.63) is 42.0 Å². The van der Waals surface area contributed by atoms with Gasteiger partial charge in [0.2, 0.25) is 21.7 Å². The number of anilines is 1. The molecule has 1 aliphatic heterocycles. The predicted molar refractivity (Wildman–Crippen MR) is 135 cm³/mol. The fraction of sp³-hybridized carbons (Fsp3) is 0.400. The molecule has 11 nitrogen and oxygen atoms in total. The average Bonchev–Trinajstić information content (AvgIpc) is 3.35. The van der Waals surface area contributed by atoms with Crippen molar-refractivity contribution < 1.29 is 31.8 Å². The number of benzene rings is 2. The molecular formula is C25H30N4O7S. The van der Waals surface area contributed by atoms with Crippen LogP contribution in [0.15, 0.2) is 45.7 Å². The summed E-state index contributed by atoms with van der Waals surface area (Å²) in [6.07, 6.45) is 1.00. The first kappa shape index (κ1) is 26.4. The first-order chi connectivity index (χ1) is 17.7. The van der Waals surface area contributed by atoms with E-state index in [0.717, 1.165) is 6.42 Å². The van der Waals surface area contributed by atoms with Crippen LogP contribution in [0.3, 0.4) is 0 Å². The number of sulfonamides is 1. The van der Waals surface area contributed by atoms with Crippen LogP contribution in [0.1, 0.15) is 30.6 Å². The van der Waals surface area contributed by atoms with Gasteiger partial charge in [-0.2, -0.15) is 4.31 Å². The number of piperidine rings is 1. The Kier molecular flexibility index (Phi) is 7.69. The molecule has 37 heavy (non-hydrogen) atoms. The Balaban J connectivity index is 1.48. The van der Waals surface area contributed by atoms with Gasteiger partial charge < -0.3 is 18.6 Å². The molecule has 1 fully saturated rings. The molecule has 12 heteroatoms. The van der Waals surface area contributed by atoms with E-state index in [-0.39, 0.29) is 22.4 Å². The molecule has 2 heterocycles. The average molecular weight is 531 g/mol. The van der Waals surface area contributed by atoms with Gasteiger partial charge in [-0.3, -0.25) is 10.1 Å². The normalized spacial score (nSPS) is 18.3. The summed E-state index contributed by atoms with van der Waals surface area (Å²) in [4.78, 5) is 12.9. The molecule has 0 spiro atoms. The lowest BCUT2D eigenvalue weighted by molar-refractivity contribution is 0.102. The summed E-state index contributed by atoms with van der Waals surface area (Å²) in [5, 5.41) is 10.4. The van der Waals surface area contributed by atoms with Gasteiger partial charge in [0.15, 0.2) is 11.5 Å². The lowest BCUT2D eigenvalue weighted by atomic mass is 9.94. The highest BCUT2D eigenvalue weighted by Gasteiger charge is 2.31. The monoisotopic (exact) mass is 530 g/mol. The molecule has 1 aromatic heterocycles. The topological polar surface area (TPSA) is 133 Å². The summed E-state index contributed by atoms with van der Waals surface area (Å²) in [5.41, 5.74) is 0.741. The van der Waals surface area contributed by atoms with E-state index in [1.54, 1.807) is 12.1 Å². The van der Waals surface area contributed by atoms with E-state index in [4.69, 9.17) is 18.6 Å². The molecular weight excluding hydrogens is 500 g/mol. The van der Waals surface area contributed by atoms with Gasteiger partial charge in [0.25, 0.3) is 5.91 Å². The van der Waals surface area contributed by atoms with Crippen molar-refractivity contribution in [2.45, 2.75) is 25.2 Å². The number of hydrogen-bond donors (Lipinski definition) is 1. The van der Waals surface area contributed by atoms with E-state index < -0.39 is 15.9 Å². The zero-order valence-corrected chi connectivity index (χ0v) is 22.2. The fourth-order valence-electron chi connectivity index (χ4n) is 4.49. The maximum Gasteiger partial charge on any atom is 0.322 e. The van der Waals surface area contributed by atoms with E-state index in [0.29, 0.717) is 47.7 Å². The SMILES string of the molecule is COc1cc(-c2nnc(NC(=O)c3ccc(S(=O)(=O)N4C[C@H](C)C[C@H](C)C4)cc3)o2)cc(OC)c1OC. The molecule has 1 saturated heterocycles. The van der Waals surface area contributed by atoms with E-state index in [1.165, 1.54) is 49.9 Å². The third kappa shape index (κ3) is 5.54. The minimum absolute atomic E-state index is 0.123. The van der Waals surface area contributed by atoms with Gasteiger partial charge in [-0.05, 0) is 54.7 Å². The van der Waals surface area contributed by atoms with E-state index in [1.807, 2.05) is 0 Å². The lowest BCUT2D eigenvalue weighted by Crippen LogP contribution is -2.42. The molecule has 0 unspecified atom stereocenters. The van der Waals surface area contributed by atoms with Crippen molar-refractivity contribution in [2.24, 2.45) is 11.8 Å². The number of ether oxygens (including phenoxy) is 3. The molecule has 198 valence electrons. The molecule has 0 aliphatic carbocycles. The summed E-state index contributed by atoms with van der Waals surface area (Å²) >= 11 is 0. The second-order valence-electron chi connectivity index (χ2n) is 9.07. The van der Waals surface area contributed by atoms with Crippen LogP contribution in [0.5, 0.6) is 17.2 Å². The second-order valence-corrected chi connectivity index (χ2v) is 11.0. The predicted octanol–water partition coefficient (Wildman–Crippen LogP) is 3.68. The highest BCUT2D eigenvalue weighted by atomic mass is 32.2. The van der Waals surface area contributed by atoms with Crippen molar-refractivity contribution in [1.29, 1.82) is 0 Å². The van der Waals surface area contributed by atoms with Gasteiger partial charge in [-0.15, -0.1) is 5.10 Å². The number of rotatable bonds is 8. The number of nitrogens with zero attached hydrogens (tertiary/aromatic N) is 3. The molecule has 1 N–H and O–H groups in total. The summed E-state index contributed by atoms with van der Waals surface area (Å²) < 4.78 is 49.3. The van der Waals surface area contributed by atoms with Crippen molar-refractivity contribution in [1.82, 2.24) is 14.5 Å². The standard InChI is InChI=1S/C25H30N4O7S/c1-15-10-16(2)14-29(13-15)37(31,32)19-8-6-17(7-9-19)23(30)26-25-28-27-24(36-25)18-11-20(33-3)22(35-5)21(12-18)34-4/h6-9,11-12,15-16H,10,13-14H2,1-5H3,(H,26,28,30)/t15-,16+. The molecule has 3 aromatic rings. The van der Waals surface area contributed by atoms with Crippen LogP contribution in [0.4, 0.5) is 6.01 Å². The minimum atomic E-state index is -3.64. The zero-order valence-electron chi connectivity index (χ0n) is 21.3. The highest BCUT2D eigenvalue weighted by molar-refractivity contribution is 7.89. The summed E-state index contributed by atoms with van der Waals surface area (Å²) in [7, 11) is 0.837.